The summed E-state index contributed by atoms with van der Waals surface area (Å²) in [6.07, 6.45) is 2.65. The van der Waals surface area contributed by atoms with Gasteiger partial charge in [0.05, 0.1) is 16.1 Å². The summed E-state index contributed by atoms with van der Waals surface area (Å²) in [5.74, 6) is -6.34. The number of amides is 1. The summed E-state index contributed by atoms with van der Waals surface area (Å²) in [5.41, 5.74) is 3.29. The number of fused-ring (bicyclic) bond motifs is 1. The molecule has 1 atom stereocenters. The fourth-order valence-electron chi connectivity index (χ4n) is 5.62. The number of aromatic nitrogens is 2. The fourth-order valence-corrected chi connectivity index (χ4v) is 6.66. The number of sulfonamides is 1. The van der Waals surface area contributed by atoms with E-state index in [1.54, 1.807) is 24.4 Å². The lowest BCUT2D eigenvalue weighted by atomic mass is 9.93. The highest BCUT2D eigenvalue weighted by Gasteiger charge is 2.27. The summed E-state index contributed by atoms with van der Waals surface area (Å²) in [4.78, 5) is 33.1. The second-order valence-electron chi connectivity index (χ2n) is 11.4. The van der Waals surface area contributed by atoms with Gasteiger partial charge in [-0.15, -0.1) is 0 Å². The van der Waals surface area contributed by atoms with Gasteiger partial charge in [0.25, 0.3) is 15.9 Å². The van der Waals surface area contributed by atoms with E-state index in [0.29, 0.717) is 39.7 Å². The van der Waals surface area contributed by atoms with Crippen LogP contribution in [-0.2, 0) is 21.2 Å². The van der Waals surface area contributed by atoms with Crippen LogP contribution in [0.2, 0.25) is 0 Å². The van der Waals surface area contributed by atoms with E-state index in [9.17, 15) is 27.5 Å². The van der Waals surface area contributed by atoms with Crippen molar-refractivity contribution >= 4 is 38.5 Å². The molecule has 0 bridgehead atoms. The van der Waals surface area contributed by atoms with Gasteiger partial charge in [-0.2, -0.15) is 4.39 Å². The highest BCUT2D eigenvalue weighted by atomic mass is 32.2. The van der Waals surface area contributed by atoms with E-state index in [0.717, 1.165) is 16.7 Å². The first-order valence-electron chi connectivity index (χ1n) is 15.1. The molecule has 2 heterocycles. The molecule has 0 saturated carbocycles. The van der Waals surface area contributed by atoms with Gasteiger partial charge in [-0.3, -0.25) is 14.5 Å². The normalized spacial score (nSPS) is 12.0. The van der Waals surface area contributed by atoms with Crippen LogP contribution in [0.3, 0.4) is 0 Å². The molecule has 0 fully saturated rings. The van der Waals surface area contributed by atoms with Crippen molar-refractivity contribution in [3.05, 3.63) is 144 Å². The molecule has 2 aromatic heterocycles. The summed E-state index contributed by atoms with van der Waals surface area (Å²) < 4.78 is 71.9. The van der Waals surface area contributed by atoms with Crippen molar-refractivity contribution in [3.8, 4) is 22.3 Å². The Morgan fingerprint density at radius 2 is 1.52 bits per heavy atom. The first-order chi connectivity index (χ1) is 23.9. The third kappa shape index (κ3) is 7.03. The lowest BCUT2D eigenvalue weighted by molar-refractivity contribution is -0.139. The van der Waals surface area contributed by atoms with E-state index < -0.39 is 56.8 Å². The minimum Gasteiger partial charge on any atom is -0.480 e. The van der Waals surface area contributed by atoms with Crippen LogP contribution in [0.4, 0.5) is 18.9 Å². The second kappa shape index (κ2) is 13.8. The molecule has 13 heteroatoms. The third-order valence-corrected chi connectivity index (χ3v) is 9.47. The molecule has 6 aromatic rings. The summed E-state index contributed by atoms with van der Waals surface area (Å²) in [5, 5.41) is 12.8. The summed E-state index contributed by atoms with van der Waals surface area (Å²) in [6, 6.07) is 22.4. The summed E-state index contributed by atoms with van der Waals surface area (Å²) in [6.45, 7) is 1.96. The molecule has 9 nitrogen and oxygen atoms in total. The molecule has 3 N–H and O–H groups in total. The number of rotatable bonds is 10. The molecule has 0 unspecified atom stereocenters. The van der Waals surface area contributed by atoms with Gasteiger partial charge in [-0.1, -0.05) is 54.6 Å². The zero-order valence-electron chi connectivity index (χ0n) is 26.2. The van der Waals surface area contributed by atoms with Crippen molar-refractivity contribution in [2.45, 2.75) is 24.3 Å². The Morgan fingerprint density at radius 3 is 2.20 bits per heavy atom. The van der Waals surface area contributed by atoms with Crippen LogP contribution in [0.25, 0.3) is 33.2 Å². The Balaban J connectivity index is 1.20. The Bertz CT molecular complexity index is 2370. The van der Waals surface area contributed by atoms with Gasteiger partial charge in [0.15, 0.2) is 0 Å². The van der Waals surface area contributed by atoms with Gasteiger partial charge in [-0.25, -0.2) is 27.0 Å². The predicted molar refractivity (Wildman–Crippen MR) is 181 cm³/mol. The van der Waals surface area contributed by atoms with Crippen molar-refractivity contribution in [1.82, 2.24) is 15.3 Å². The smallest absolute Gasteiger partial charge is 0.326 e. The number of carboxylic acid groups (broad SMARTS) is 1. The number of anilines is 1. The van der Waals surface area contributed by atoms with Crippen molar-refractivity contribution in [2.75, 3.05) is 4.72 Å². The van der Waals surface area contributed by atoms with Crippen LogP contribution in [0.15, 0.2) is 114 Å². The number of aryl methyl sites for hydroxylation is 1. The van der Waals surface area contributed by atoms with Gasteiger partial charge >= 0.3 is 5.97 Å². The number of nitrogens with one attached hydrogen (secondary N) is 2. The predicted octanol–water partition coefficient (Wildman–Crippen LogP) is 6.92. The van der Waals surface area contributed by atoms with Gasteiger partial charge in [0, 0.05) is 35.8 Å². The van der Waals surface area contributed by atoms with Gasteiger partial charge in [-0.05, 0) is 71.1 Å². The summed E-state index contributed by atoms with van der Waals surface area (Å²) >= 11 is 0. The number of nitrogens with zero attached hydrogens (tertiary/aromatic N) is 2. The van der Waals surface area contributed by atoms with Crippen molar-refractivity contribution in [1.29, 1.82) is 0 Å². The standard InChI is InChI=1S/C37H27F3N4O5S/c1-21-5-2-3-6-27(21)29-13-10-24(28-7-4-15-42-35(28)29)17-32(37(46)47)43-36(45)34-30(38)19-25(20-31(34)39)44-50(48,49)26-11-8-22(9-12-26)23-14-16-41-33(40)18-23/h2-16,18-20,32,44H,17H2,1H3,(H,43,45)(H,46,47)/t32-/m0/s1. The second-order valence-corrected chi connectivity index (χ2v) is 13.0. The first-order valence-corrected chi connectivity index (χ1v) is 16.6. The molecular weight excluding hydrogens is 669 g/mol. The molecule has 50 heavy (non-hydrogen) atoms. The van der Waals surface area contributed by atoms with Gasteiger partial charge < -0.3 is 10.4 Å². The lowest BCUT2D eigenvalue weighted by Crippen LogP contribution is -2.43. The quantitative estimate of drug-likeness (QED) is 0.132. The molecule has 0 spiro atoms. The maximum Gasteiger partial charge on any atom is 0.326 e. The zero-order valence-corrected chi connectivity index (χ0v) is 27.0. The zero-order chi connectivity index (χ0) is 35.6. The van der Waals surface area contributed by atoms with E-state index in [1.165, 1.54) is 42.6 Å². The number of hydrogen-bond donors (Lipinski definition) is 3. The fraction of sp³-hybridized carbons (Fsp3) is 0.0811. The number of benzene rings is 4. The number of halogens is 3. The maximum atomic E-state index is 15.2. The number of aliphatic carboxylic acids is 1. The monoisotopic (exact) mass is 696 g/mol. The van der Waals surface area contributed by atoms with Crippen LogP contribution in [0.5, 0.6) is 0 Å². The average molecular weight is 697 g/mol. The van der Waals surface area contributed by atoms with E-state index in [1.807, 2.05) is 37.3 Å². The number of pyridine rings is 2. The van der Waals surface area contributed by atoms with Gasteiger partial charge in [0.1, 0.15) is 23.2 Å². The Labute approximate surface area is 284 Å². The highest BCUT2D eigenvalue weighted by molar-refractivity contribution is 7.92. The van der Waals surface area contributed by atoms with Crippen LogP contribution < -0.4 is 10.0 Å². The Kier molecular flexibility index (Phi) is 9.33. The van der Waals surface area contributed by atoms with Crippen molar-refractivity contribution in [2.24, 2.45) is 0 Å². The molecule has 0 radical (unpaired) electrons. The van der Waals surface area contributed by atoms with Crippen LogP contribution in [0, 0.1) is 24.5 Å². The minimum atomic E-state index is -4.35. The Hall–Kier alpha value is -6.08. The molecular formula is C37H27F3N4O5S. The van der Waals surface area contributed by atoms with E-state index >= 15 is 8.78 Å². The summed E-state index contributed by atoms with van der Waals surface area (Å²) in [7, 11) is -4.35. The van der Waals surface area contributed by atoms with Crippen molar-refractivity contribution in [3.63, 3.8) is 0 Å². The SMILES string of the molecule is Cc1ccccc1-c1ccc(C[C@H](NC(=O)c2c(F)cc(NS(=O)(=O)c3ccc(-c4ccnc(F)c4)cc3)cc2F)C(=O)O)c2cccnc12. The van der Waals surface area contributed by atoms with Crippen LogP contribution in [-0.4, -0.2) is 41.4 Å². The van der Waals surface area contributed by atoms with Crippen molar-refractivity contribution < 1.29 is 36.3 Å². The topological polar surface area (TPSA) is 138 Å². The van der Waals surface area contributed by atoms with E-state index in [4.69, 9.17) is 0 Å². The largest absolute Gasteiger partial charge is 0.480 e. The first kappa shape index (κ1) is 33.8. The van der Waals surface area contributed by atoms with E-state index in [2.05, 4.69) is 20.0 Å². The average Bonchev–Trinajstić information content (AvgIpc) is 3.08. The van der Waals surface area contributed by atoms with Crippen LogP contribution >= 0.6 is 0 Å². The number of carboxylic acids is 1. The highest BCUT2D eigenvalue weighted by Crippen LogP contribution is 2.32. The molecule has 252 valence electrons. The van der Waals surface area contributed by atoms with E-state index in [-0.39, 0.29) is 11.3 Å². The molecule has 1 amide bonds. The molecule has 0 aliphatic rings. The Morgan fingerprint density at radius 1 is 0.800 bits per heavy atom. The molecule has 4 aromatic carbocycles. The maximum absolute atomic E-state index is 15.2. The third-order valence-electron chi connectivity index (χ3n) is 8.07. The molecule has 0 saturated heterocycles. The van der Waals surface area contributed by atoms with Crippen LogP contribution in [0.1, 0.15) is 21.5 Å². The lowest BCUT2D eigenvalue weighted by Gasteiger charge is -2.18. The number of hydrogen-bond acceptors (Lipinski definition) is 6. The van der Waals surface area contributed by atoms with Gasteiger partial charge in [0.2, 0.25) is 5.95 Å². The molecule has 0 aliphatic carbocycles. The minimum absolute atomic E-state index is 0.229. The number of carbonyl (C=O) groups excluding carboxylic acids is 1. The number of carbonyl (C=O) groups is 2. The molecule has 6 rings (SSSR count). The molecule has 0 aliphatic heterocycles.